The molecule has 6 nitrogen and oxygen atoms in total. The molecule has 0 spiro atoms. The molecule has 2 aromatic carbocycles. The molecule has 3 rings (SSSR count). The van der Waals surface area contributed by atoms with E-state index in [-0.39, 0.29) is 6.61 Å². The first-order valence-electron chi connectivity index (χ1n) is 11.1. The van der Waals surface area contributed by atoms with Gasteiger partial charge in [-0.15, -0.1) is 6.58 Å². The van der Waals surface area contributed by atoms with Gasteiger partial charge in [-0.25, -0.2) is 4.68 Å². The van der Waals surface area contributed by atoms with E-state index in [4.69, 9.17) is 14.6 Å². The summed E-state index contributed by atoms with van der Waals surface area (Å²) in [5.41, 5.74) is 2.92. The number of para-hydroxylation sites is 1. The third-order valence-electron chi connectivity index (χ3n) is 5.03. The zero-order valence-electron chi connectivity index (χ0n) is 19.0. The summed E-state index contributed by atoms with van der Waals surface area (Å²) in [6, 6.07) is 19.9. The summed E-state index contributed by atoms with van der Waals surface area (Å²) in [4.78, 5) is 2.23. The first-order chi connectivity index (χ1) is 15.6. The van der Waals surface area contributed by atoms with Gasteiger partial charge in [-0.2, -0.15) is 5.10 Å². The number of aryl methyl sites for hydroxylation is 1. The molecule has 1 aromatic heterocycles. The fourth-order valence-corrected chi connectivity index (χ4v) is 3.66. The number of aliphatic hydroxyl groups excluding tert-OH is 1. The molecule has 0 aliphatic rings. The zero-order valence-corrected chi connectivity index (χ0v) is 19.0. The molecule has 170 valence electrons. The Morgan fingerprint density at radius 2 is 1.81 bits per heavy atom. The van der Waals surface area contributed by atoms with E-state index in [0.717, 1.165) is 35.5 Å². The standard InChI is InChI=1S/C26H33N3O3/c1-4-16-29(18-22(30)20-31-17-5-2)19-24-25(21-12-8-6-9-13-21)27-28(3)26(24)32-23-14-10-7-11-15-23/h5-15,22,30H,2,4,16-20H2,1,3H3. The van der Waals surface area contributed by atoms with Gasteiger partial charge in [0.05, 0.1) is 24.9 Å². The van der Waals surface area contributed by atoms with Gasteiger partial charge in [0.15, 0.2) is 0 Å². The molecule has 0 saturated heterocycles. The highest BCUT2D eigenvalue weighted by atomic mass is 16.5. The predicted molar refractivity (Wildman–Crippen MR) is 128 cm³/mol. The third kappa shape index (κ3) is 6.53. The highest BCUT2D eigenvalue weighted by molar-refractivity contribution is 5.65. The molecule has 0 aliphatic heterocycles. The van der Waals surface area contributed by atoms with Gasteiger partial charge in [0, 0.05) is 25.7 Å². The minimum absolute atomic E-state index is 0.276. The van der Waals surface area contributed by atoms with Crippen molar-refractivity contribution in [3.8, 4) is 22.9 Å². The second-order valence-electron chi connectivity index (χ2n) is 7.75. The molecule has 6 heteroatoms. The summed E-state index contributed by atoms with van der Waals surface area (Å²) >= 11 is 0. The summed E-state index contributed by atoms with van der Waals surface area (Å²) in [5.74, 6) is 1.46. The molecular formula is C26H33N3O3. The van der Waals surface area contributed by atoms with Crippen molar-refractivity contribution in [1.82, 2.24) is 14.7 Å². The van der Waals surface area contributed by atoms with E-state index in [9.17, 15) is 5.11 Å². The fraction of sp³-hybridized carbons (Fsp3) is 0.346. The van der Waals surface area contributed by atoms with Crippen LogP contribution in [0.3, 0.4) is 0 Å². The molecule has 0 radical (unpaired) electrons. The molecule has 1 N–H and O–H groups in total. The van der Waals surface area contributed by atoms with Crippen LogP contribution in [0.25, 0.3) is 11.3 Å². The van der Waals surface area contributed by atoms with Gasteiger partial charge in [-0.1, -0.05) is 61.5 Å². The third-order valence-corrected chi connectivity index (χ3v) is 5.03. The Kier molecular flexibility index (Phi) is 9.04. The summed E-state index contributed by atoms with van der Waals surface area (Å²) in [5, 5.41) is 15.3. The van der Waals surface area contributed by atoms with Gasteiger partial charge in [0.2, 0.25) is 5.88 Å². The average molecular weight is 436 g/mol. The van der Waals surface area contributed by atoms with E-state index in [2.05, 4.69) is 30.5 Å². The van der Waals surface area contributed by atoms with Crippen molar-refractivity contribution in [1.29, 1.82) is 0 Å². The molecule has 0 fully saturated rings. The van der Waals surface area contributed by atoms with Crippen LogP contribution in [0.1, 0.15) is 18.9 Å². The summed E-state index contributed by atoms with van der Waals surface area (Å²) in [6.07, 6.45) is 2.07. The maximum Gasteiger partial charge on any atom is 0.222 e. The number of rotatable bonds is 13. The number of nitrogens with zero attached hydrogens (tertiary/aromatic N) is 3. The van der Waals surface area contributed by atoms with Crippen molar-refractivity contribution in [2.75, 3.05) is 26.3 Å². The van der Waals surface area contributed by atoms with E-state index in [1.54, 1.807) is 10.8 Å². The van der Waals surface area contributed by atoms with Gasteiger partial charge in [0.1, 0.15) is 11.4 Å². The van der Waals surface area contributed by atoms with Crippen LogP contribution in [-0.2, 0) is 18.3 Å². The Balaban J connectivity index is 1.91. The number of aromatic nitrogens is 2. The van der Waals surface area contributed by atoms with Gasteiger partial charge in [-0.05, 0) is 25.1 Å². The smallest absolute Gasteiger partial charge is 0.222 e. The largest absolute Gasteiger partial charge is 0.439 e. The second kappa shape index (κ2) is 12.2. The van der Waals surface area contributed by atoms with Crippen molar-refractivity contribution in [2.24, 2.45) is 7.05 Å². The fourth-order valence-electron chi connectivity index (χ4n) is 3.66. The number of benzene rings is 2. The molecule has 1 atom stereocenters. The number of hydrogen-bond donors (Lipinski definition) is 1. The monoisotopic (exact) mass is 435 g/mol. The Labute approximate surface area is 190 Å². The lowest BCUT2D eigenvalue weighted by Crippen LogP contribution is -2.35. The van der Waals surface area contributed by atoms with Crippen LogP contribution in [0.2, 0.25) is 0 Å². The van der Waals surface area contributed by atoms with Crippen molar-refractivity contribution in [3.05, 3.63) is 78.9 Å². The lowest BCUT2D eigenvalue weighted by atomic mass is 10.1. The highest BCUT2D eigenvalue weighted by Crippen LogP contribution is 2.34. The predicted octanol–water partition coefficient (Wildman–Crippen LogP) is 4.65. The Bertz CT molecular complexity index is 957. The maximum absolute atomic E-state index is 10.5. The Hall–Kier alpha value is -2.93. The van der Waals surface area contributed by atoms with Gasteiger partial charge >= 0.3 is 0 Å². The highest BCUT2D eigenvalue weighted by Gasteiger charge is 2.23. The lowest BCUT2D eigenvalue weighted by Gasteiger charge is -2.25. The SMILES string of the molecule is C=CCOCC(O)CN(CCC)Cc1c(-c2ccccc2)nn(C)c1Oc1ccccc1. The summed E-state index contributed by atoms with van der Waals surface area (Å²) < 4.78 is 13.5. The van der Waals surface area contributed by atoms with Crippen LogP contribution in [0, 0.1) is 0 Å². The maximum atomic E-state index is 10.5. The quantitative estimate of drug-likeness (QED) is 0.313. The Morgan fingerprint density at radius 1 is 1.12 bits per heavy atom. The van der Waals surface area contributed by atoms with Crippen LogP contribution in [0.4, 0.5) is 0 Å². The van der Waals surface area contributed by atoms with Crippen molar-refractivity contribution in [2.45, 2.75) is 26.0 Å². The van der Waals surface area contributed by atoms with Crippen molar-refractivity contribution in [3.63, 3.8) is 0 Å². The molecular weight excluding hydrogens is 402 g/mol. The number of hydrogen-bond acceptors (Lipinski definition) is 5. The van der Waals surface area contributed by atoms with E-state index in [1.807, 2.05) is 55.6 Å². The van der Waals surface area contributed by atoms with E-state index in [1.165, 1.54) is 0 Å². The van der Waals surface area contributed by atoms with Gasteiger partial charge in [0.25, 0.3) is 0 Å². The molecule has 0 aliphatic carbocycles. The van der Waals surface area contributed by atoms with E-state index < -0.39 is 6.10 Å². The molecule has 1 unspecified atom stereocenters. The molecule has 0 saturated carbocycles. The molecule has 3 aromatic rings. The van der Waals surface area contributed by atoms with Crippen LogP contribution in [0.5, 0.6) is 11.6 Å². The second-order valence-corrected chi connectivity index (χ2v) is 7.75. The molecule has 0 bridgehead atoms. The zero-order chi connectivity index (χ0) is 22.8. The molecule has 32 heavy (non-hydrogen) atoms. The topological polar surface area (TPSA) is 59.8 Å². The first-order valence-corrected chi connectivity index (χ1v) is 11.1. The lowest BCUT2D eigenvalue weighted by molar-refractivity contribution is 0.0245. The van der Waals surface area contributed by atoms with Crippen molar-refractivity contribution >= 4 is 0 Å². The van der Waals surface area contributed by atoms with Crippen LogP contribution < -0.4 is 4.74 Å². The molecule has 0 amide bonds. The molecule has 1 heterocycles. The van der Waals surface area contributed by atoms with E-state index >= 15 is 0 Å². The van der Waals surface area contributed by atoms with Gasteiger partial charge < -0.3 is 14.6 Å². The Morgan fingerprint density at radius 3 is 2.47 bits per heavy atom. The number of ether oxygens (including phenoxy) is 2. The van der Waals surface area contributed by atoms with E-state index in [0.29, 0.717) is 25.6 Å². The normalized spacial score (nSPS) is 12.1. The van der Waals surface area contributed by atoms with Crippen LogP contribution >= 0.6 is 0 Å². The summed E-state index contributed by atoms with van der Waals surface area (Å²) in [6.45, 7) is 8.43. The van der Waals surface area contributed by atoms with Crippen LogP contribution in [0.15, 0.2) is 73.3 Å². The van der Waals surface area contributed by atoms with Gasteiger partial charge in [-0.3, -0.25) is 4.90 Å². The first kappa shape index (κ1) is 23.7. The number of aliphatic hydroxyl groups is 1. The van der Waals surface area contributed by atoms with Crippen LogP contribution in [-0.4, -0.2) is 52.2 Å². The van der Waals surface area contributed by atoms with Crippen molar-refractivity contribution < 1.29 is 14.6 Å². The minimum Gasteiger partial charge on any atom is -0.439 e. The minimum atomic E-state index is -0.586. The average Bonchev–Trinajstić information content (AvgIpc) is 3.10. The summed E-state index contributed by atoms with van der Waals surface area (Å²) in [7, 11) is 1.90.